The van der Waals surface area contributed by atoms with Crippen LogP contribution in [0.3, 0.4) is 0 Å². The summed E-state index contributed by atoms with van der Waals surface area (Å²) in [5, 5.41) is 4.05. The number of hydrogen-bond acceptors (Lipinski definition) is 5. The molecule has 0 atom stereocenters. The number of rotatable bonds is 4. The molecule has 2 N–H and O–H groups in total. The van der Waals surface area contributed by atoms with Crippen LogP contribution in [0.4, 0.5) is 0 Å². The quantitative estimate of drug-likeness (QED) is 0.746. The fraction of sp³-hybridized carbons (Fsp3) is 0.125. The van der Waals surface area contributed by atoms with E-state index in [1.165, 1.54) is 4.90 Å². The van der Waals surface area contributed by atoms with Crippen molar-refractivity contribution in [2.75, 3.05) is 6.26 Å². The Morgan fingerprint density at radius 1 is 1.10 bits per heavy atom. The molecule has 0 unspecified atom stereocenters. The van der Waals surface area contributed by atoms with Crippen LogP contribution >= 0.6 is 11.8 Å². The van der Waals surface area contributed by atoms with Crippen LogP contribution < -0.4 is 5.73 Å². The fourth-order valence-corrected chi connectivity index (χ4v) is 2.44. The predicted molar refractivity (Wildman–Crippen MR) is 84.8 cm³/mol. The Balaban J connectivity index is 1.91. The second-order valence-corrected chi connectivity index (χ2v) is 5.44. The van der Waals surface area contributed by atoms with Gasteiger partial charge in [0.05, 0.1) is 0 Å². The summed E-state index contributed by atoms with van der Waals surface area (Å²) >= 11 is 1.70. The van der Waals surface area contributed by atoms with Crippen molar-refractivity contribution in [2.45, 2.75) is 11.4 Å². The molecule has 0 amide bonds. The molecule has 4 nitrogen and oxygen atoms in total. The van der Waals surface area contributed by atoms with Gasteiger partial charge in [0.15, 0.2) is 0 Å². The Kier molecular flexibility index (Phi) is 4.03. The Morgan fingerprint density at radius 3 is 2.62 bits per heavy atom. The molecule has 21 heavy (non-hydrogen) atoms. The normalized spacial score (nSPS) is 10.8. The average Bonchev–Trinajstić information content (AvgIpc) is 3.05. The summed E-state index contributed by atoms with van der Waals surface area (Å²) in [7, 11) is 0. The number of benzene rings is 2. The Labute approximate surface area is 127 Å². The molecule has 5 heteroatoms. The highest BCUT2D eigenvalue weighted by Gasteiger charge is 2.10. The van der Waals surface area contributed by atoms with Gasteiger partial charge in [-0.2, -0.15) is 4.98 Å². The van der Waals surface area contributed by atoms with Gasteiger partial charge in [0, 0.05) is 22.6 Å². The zero-order valence-corrected chi connectivity index (χ0v) is 12.4. The van der Waals surface area contributed by atoms with Gasteiger partial charge >= 0.3 is 0 Å². The molecular weight excluding hydrogens is 282 g/mol. The molecule has 3 aromatic rings. The molecule has 0 aliphatic heterocycles. The molecular formula is C16H15N3OS. The molecule has 0 aliphatic rings. The molecule has 3 rings (SSSR count). The predicted octanol–water partition coefficient (Wildman–Crippen LogP) is 3.58. The van der Waals surface area contributed by atoms with Crippen LogP contribution in [-0.4, -0.2) is 16.4 Å². The fourth-order valence-electron chi connectivity index (χ4n) is 2.03. The molecule has 0 radical (unpaired) electrons. The highest BCUT2D eigenvalue weighted by Crippen LogP contribution is 2.24. The van der Waals surface area contributed by atoms with Gasteiger partial charge in [-0.05, 0) is 48.2 Å². The Bertz CT molecular complexity index is 737. The molecule has 0 saturated heterocycles. The summed E-state index contributed by atoms with van der Waals surface area (Å²) < 4.78 is 5.35. The molecule has 0 spiro atoms. The zero-order valence-electron chi connectivity index (χ0n) is 11.6. The van der Waals surface area contributed by atoms with Gasteiger partial charge in [0.1, 0.15) is 0 Å². The summed E-state index contributed by atoms with van der Waals surface area (Å²) in [6, 6.07) is 15.9. The van der Waals surface area contributed by atoms with Crippen LogP contribution in [0, 0.1) is 0 Å². The first kappa shape index (κ1) is 13.9. The molecule has 1 heterocycles. The van der Waals surface area contributed by atoms with E-state index in [-0.39, 0.29) is 0 Å². The van der Waals surface area contributed by atoms with E-state index in [2.05, 4.69) is 10.1 Å². The van der Waals surface area contributed by atoms with Gasteiger partial charge in [-0.1, -0.05) is 17.3 Å². The standard InChI is InChI=1S/C16H15N3OS/c1-21-14-7-5-12(6-8-14)15-18-16(20-19-15)13-4-2-3-11(9-13)10-17/h2-9H,10,17H2,1H3. The largest absolute Gasteiger partial charge is 0.334 e. The Morgan fingerprint density at radius 2 is 1.90 bits per heavy atom. The van der Waals surface area contributed by atoms with Gasteiger partial charge in [-0.25, -0.2) is 0 Å². The summed E-state index contributed by atoms with van der Waals surface area (Å²) in [6.07, 6.45) is 2.05. The third-order valence-electron chi connectivity index (χ3n) is 3.18. The topological polar surface area (TPSA) is 64.9 Å². The lowest BCUT2D eigenvalue weighted by Crippen LogP contribution is -1.95. The summed E-state index contributed by atoms with van der Waals surface area (Å²) in [4.78, 5) is 5.66. The third-order valence-corrected chi connectivity index (χ3v) is 3.93. The number of hydrogen-bond donors (Lipinski definition) is 1. The minimum Gasteiger partial charge on any atom is -0.334 e. The van der Waals surface area contributed by atoms with Gasteiger partial charge in [-0.15, -0.1) is 11.8 Å². The van der Waals surface area contributed by atoms with Crippen molar-refractivity contribution in [2.24, 2.45) is 5.73 Å². The van der Waals surface area contributed by atoms with Gasteiger partial charge in [0.25, 0.3) is 5.89 Å². The van der Waals surface area contributed by atoms with Crippen LogP contribution in [-0.2, 0) is 6.54 Å². The minimum absolute atomic E-state index is 0.491. The lowest BCUT2D eigenvalue weighted by atomic mass is 10.1. The minimum atomic E-state index is 0.491. The molecule has 1 aromatic heterocycles. The van der Waals surface area contributed by atoms with Crippen molar-refractivity contribution in [1.82, 2.24) is 10.1 Å². The van der Waals surface area contributed by atoms with E-state index in [4.69, 9.17) is 10.3 Å². The van der Waals surface area contributed by atoms with E-state index in [1.54, 1.807) is 11.8 Å². The van der Waals surface area contributed by atoms with E-state index in [0.29, 0.717) is 18.3 Å². The van der Waals surface area contributed by atoms with Gasteiger partial charge in [0.2, 0.25) is 5.82 Å². The molecule has 0 saturated carbocycles. The SMILES string of the molecule is CSc1ccc(-c2noc(-c3cccc(CN)c3)n2)cc1. The zero-order chi connectivity index (χ0) is 14.7. The van der Waals surface area contributed by atoms with Crippen molar-refractivity contribution in [1.29, 1.82) is 0 Å². The summed E-state index contributed by atoms with van der Waals surface area (Å²) in [5.41, 5.74) is 8.52. The molecule has 2 aromatic carbocycles. The molecule has 0 fully saturated rings. The first-order chi connectivity index (χ1) is 10.3. The van der Waals surface area contributed by atoms with Crippen molar-refractivity contribution >= 4 is 11.8 Å². The first-order valence-electron chi connectivity index (χ1n) is 6.57. The smallest absolute Gasteiger partial charge is 0.258 e. The van der Waals surface area contributed by atoms with Crippen LogP contribution in [0.1, 0.15) is 5.56 Å². The second-order valence-electron chi connectivity index (χ2n) is 4.56. The lowest BCUT2D eigenvalue weighted by Gasteiger charge is -1.98. The number of nitrogens with two attached hydrogens (primary N) is 1. The number of nitrogens with zero attached hydrogens (tertiary/aromatic N) is 2. The maximum absolute atomic E-state index is 5.65. The maximum Gasteiger partial charge on any atom is 0.258 e. The van der Waals surface area contributed by atoms with Crippen LogP contribution in [0.15, 0.2) is 57.9 Å². The van der Waals surface area contributed by atoms with Gasteiger partial charge < -0.3 is 10.3 Å². The first-order valence-corrected chi connectivity index (χ1v) is 7.80. The molecule has 0 aliphatic carbocycles. The van der Waals surface area contributed by atoms with Crippen LogP contribution in [0.2, 0.25) is 0 Å². The van der Waals surface area contributed by atoms with Crippen LogP contribution in [0.25, 0.3) is 22.8 Å². The van der Waals surface area contributed by atoms with E-state index in [0.717, 1.165) is 16.7 Å². The third kappa shape index (κ3) is 2.99. The average molecular weight is 297 g/mol. The number of aromatic nitrogens is 2. The summed E-state index contributed by atoms with van der Waals surface area (Å²) in [5.74, 6) is 1.10. The highest BCUT2D eigenvalue weighted by atomic mass is 32.2. The Hall–Kier alpha value is -2.11. The van der Waals surface area contributed by atoms with E-state index in [1.807, 2.05) is 54.8 Å². The number of thioether (sulfide) groups is 1. The molecule has 0 bridgehead atoms. The highest BCUT2D eigenvalue weighted by molar-refractivity contribution is 7.98. The summed E-state index contributed by atoms with van der Waals surface area (Å²) in [6.45, 7) is 0.491. The van der Waals surface area contributed by atoms with E-state index >= 15 is 0 Å². The van der Waals surface area contributed by atoms with Crippen LogP contribution in [0.5, 0.6) is 0 Å². The van der Waals surface area contributed by atoms with E-state index in [9.17, 15) is 0 Å². The van der Waals surface area contributed by atoms with Crippen molar-refractivity contribution in [3.05, 3.63) is 54.1 Å². The maximum atomic E-state index is 5.65. The molecule has 106 valence electrons. The van der Waals surface area contributed by atoms with Crippen molar-refractivity contribution in [3.8, 4) is 22.8 Å². The van der Waals surface area contributed by atoms with E-state index < -0.39 is 0 Å². The monoisotopic (exact) mass is 297 g/mol. The van der Waals surface area contributed by atoms with Gasteiger partial charge in [-0.3, -0.25) is 0 Å². The second kappa shape index (κ2) is 6.11. The van der Waals surface area contributed by atoms with Crippen molar-refractivity contribution < 1.29 is 4.52 Å². The van der Waals surface area contributed by atoms with Crippen molar-refractivity contribution in [3.63, 3.8) is 0 Å². The lowest BCUT2D eigenvalue weighted by molar-refractivity contribution is 0.432.